The van der Waals surface area contributed by atoms with Crippen molar-refractivity contribution in [1.29, 1.82) is 0 Å². The molecule has 0 unspecified atom stereocenters. The molecular formula is C28H25N3O6. The van der Waals surface area contributed by atoms with Crippen molar-refractivity contribution in [2.45, 2.75) is 26.3 Å². The van der Waals surface area contributed by atoms with E-state index in [1.807, 2.05) is 19.1 Å². The number of aryl methyl sites for hydroxylation is 1. The summed E-state index contributed by atoms with van der Waals surface area (Å²) < 4.78 is 0. The summed E-state index contributed by atoms with van der Waals surface area (Å²) in [5.74, 6) is -2.47. The van der Waals surface area contributed by atoms with Crippen molar-refractivity contribution in [3.8, 4) is 0 Å². The first kappa shape index (κ1) is 23.3. The molecule has 7 atom stereocenters. The molecule has 4 aliphatic carbocycles. The minimum atomic E-state index is -1.17. The van der Waals surface area contributed by atoms with E-state index >= 15 is 0 Å². The third kappa shape index (κ3) is 3.44. The van der Waals surface area contributed by atoms with Crippen LogP contribution in [0.3, 0.4) is 0 Å². The molecule has 9 nitrogen and oxygen atoms in total. The second kappa shape index (κ2) is 8.19. The molecule has 0 N–H and O–H groups in total. The van der Waals surface area contributed by atoms with Crippen LogP contribution >= 0.6 is 0 Å². The lowest BCUT2D eigenvalue weighted by Gasteiger charge is -2.37. The summed E-state index contributed by atoms with van der Waals surface area (Å²) in [4.78, 5) is 65.5. The molecule has 0 radical (unpaired) electrons. The second-order valence-electron chi connectivity index (χ2n) is 10.5. The maximum atomic E-state index is 13.8. The van der Waals surface area contributed by atoms with Crippen LogP contribution in [0.15, 0.2) is 60.7 Å². The fourth-order valence-electron chi connectivity index (χ4n) is 6.52. The first-order valence-corrected chi connectivity index (χ1v) is 12.4. The van der Waals surface area contributed by atoms with Gasteiger partial charge in [-0.25, -0.2) is 5.01 Å². The maximum absolute atomic E-state index is 13.8. The zero-order valence-corrected chi connectivity index (χ0v) is 20.3. The standard InChI is InChI=1S/C28H25N3O6/c1-14-3-5-16(6-4-14)25(32)15(2)29(26(33)17-7-9-18(10-8-17)31(36)37)30-27(34)23-19-11-12-20(22-13-21(19)22)24(23)28(30)35/h3-12,15,19-24H,13H2,1-2H3/t15-,19-,20-,21-,22+,23+,24+/m0/s1. The molecule has 3 amide bonds. The number of carbonyl (C=O) groups excluding carboxylic acids is 4. The zero-order valence-electron chi connectivity index (χ0n) is 20.3. The monoisotopic (exact) mass is 499 g/mol. The van der Waals surface area contributed by atoms with Crippen LogP contribution in [-0.2, 0) is 9.59 Å². The molecule has 5 aliphatic rings. The Morgan fingerprint density at radius 1 is 0.919 bits per heavy atom. The molecule has 0 aromatic heterocycles. The number of hydrazine groups is 1. The Kier molecular flexibility index (Phi) is 5.15. The Hall–Kier alpha value is -4.14. The predicted octanol–water partition coefficient (Wildman–Crippen LogP) is 3.58. The summed E-state index contributed by atoms with van der Waals surface area (Å²) in [6.45, 7) is 3.39. The Bertz CT molecular complexity index is 1350. The van der Waals surface area contributed by atoms with Gasteiger partial charge in [-0.3, -0.25) is 29.3 Å². The minimum Gasteiger partial charge on any atom is -0.292 e. The average Bonchev–Trinajstić information content (AvgIpc) is 3.68. The van der Waals surface area contributed by atoms with Crippen LogP contribution in [0, 0.1) is 52.5 Å². The molecule has 2 bridgehead atoms. The van der Waals surface area contributed by atoms with E-state index in [-0.39, 0.29) is 23.1 Å². The Morgan fingerprint density at radius 2 is 1.43 bits per heavy atom. The van der Waals surface area contributed by atoms with Gasteiger partial charge in [0, 0.05) is 23.3 Å². The molecule has 188 valence electrons. The number of benzene rings is 2. The minimum absolute atomic E-state index is 0.0357. The van der Waals surface area contributed by atoms with Crippen LogP contribution in [0.4, 0.5) is 5.69 Å². The molecule has 9 heteroatoms. The van der Waals surface area contributed by atoms with Gasteiger partial charge in [-0.1, -0.05) is 42.0 Å². The van der Waals surface area contributed by atoms with E-state index in [0.717, 1.165) is 22.0 Å². The largest absolute Gasteiger partial charge is 0.292 e. The number of non-ortho nitro benzene ring substituents is 1. The number of ketones is 1. The van der Waals surface area contributed by atoms with Gasteiger partial charge in [0.05, 0.1) is 16.8 Å². The van der Waals surface area contributed by atoms with Gasteiger partial charge in [0.2, 0.25) is 0 Å². The van der Waals surface area contributed by atoms with Gasteiger partial charge in [0.1, 0.15) is 6.04 Å². The molecule has 2 aromatic carbocycles. The summed E-state index contributed by atoms with van der Waals surface area (Å²) in [6.07, 6.45) is 5.08. The number of allylic oxidation sites excluding steroid dienone is 2. The van der Waals surface area contributed by atoms with Gasteiger partial charge >= 0.3 is 0 Å². The second-order valence-corrected chi connectivity index (χ2v) is 10.5. The molecule has 3 fully saturated rings. The summed E-state index contributed by atoms with van der Waals surface area (Å²) >= 11 is 0. The highest BCUT2D eigenvalue weighted by Gasteiger charge is 2.68. The molecule has 2 saturated carbocycles. The van der Waals surface area contributed by atoms with Crippen molar-refractivity contribution in [3.05, 3.63) is 87.5 Å². The van der Waals surface area contributed by atoms with E-state index < -0.39 is 46.3 Å². The van der Waals surface area contributed by atoms with Crippen LogP contribution in [-0.4, -0.2) is 44.5 Å². The molecular weight excluding hydrogens is 474 g/mol. The molecule has 0 spiro atoms. The lowest BCUT2D eigenvalue weighted by atomic mass is 9.63. The Morgan fingerprint density at radius 3 is 1.95 bits per heavy atom. The molecule has 37 heavy (non-hydrogen) atoms. The van der Waals surface area contributed by atoms with Crippen LogP contribution < -0.4 is 0 Å². The van der Waals surface area contributed by atoms with E-state index in [9.17, 15) is 29.3 Å². The average molecular weight is 500 g/mol. The van der Waals surface area contributed by atoms with Crippen LogP contribution in [0.5, 0.6) is 0 Å². The van der Waals surface area contributed by atoms with Gasteiger partial charge in [0.25, 0.3) is 23.4 Å². The number of rotatable bonds is 6. The van der Waals surface area contributed by atoms with Crippen molar-refractivity contribution in [3.63, 3.8) is 0 Å². The molecule has 1 heterocycles. The number of hydrogen-bond donors (Lipinski definition) is 0. The third-order valence-electron chi connectivity index (χ3n) is 8.47. The number of nitrogens with zero attached hydrogens (tertiary/aromatic N) is 3. The fourth-order valence-corrected chi connectivity index (χ4v) is 6.52. The topological polar surface area (TPSA) is 118 Å². The summed E-state index contributed by atoms with van der Waals surface area (Å²) in [5, 5.41) is 13.0. The van der Waals surface area contributed by atoms with Crippen LogP contribution in [0.1, 0.15) is 39.6 Å². The first-order valence-electron chi connectivity index (χ1n) is 12.4. The van der Waals surface area contributed by atoms with E-state index in [0.29, 0.717) is 17.4 Å². The third-order valence-corrected chi connectivity index (χ3v) is 8.47. The van der Waals surface area contributed by atoms with Gasteiger partial charge in [0.15, 0.2) is 5.78 Å². The molecule has 1 saturated heterocycles. The van der Waals surface area contributed by atoms with Gasteiger partial charge in [-0.15, -0.1) is 0 Å². The number of amides is 3. The van der Waals surface area contributed by atoms with Crippen LogP contribution in [0.2, 0.25) is 0 Å². The molecule has 2 aromatic rings. The lowest BCUT2D eigenvalue weighted by Crippen LogP contribution is -2.56. The Labute approximate surface area is 212 Å². The summed E-state index contributed by atoms with van der Waals surface area (Å²) in [7, 11) is 0. The SMILES string of the molecule is Cc1ccc(C(=O)[C@H](C)N(C(=O)c2ccc([N+](=O)[O-])cc2)N2C(=O)[C@@H]3[C@H]4C=C[C@@H]([C@@H]5C[C@H]45)[C@H]3C2=O)cc1. The van der Waals surface area contributed by atoms with E-state index in [1.54, 1.807) is 24.3 Å². The lowest BCUT2D eigenvalue weighted by molar-refractivity contribution is -0.384. The molecule has 1 aliphatic heterocycles. The van der Waals surface area contributed by atoms with E-state index in [1.165, 1.54) is 31.2 Å². The number of Topliss-reactive ketones (excluding diaryl/α,β-unsaturated/α-hetero) is 1. The zero-order chi connectivity index (χ0) is 26.2. The van der Waals surface area contributed by atoms with Crippen LogP contribution in [0.25, 0.3) is 0 Å². The Balaban J connectivity index is 1.39. The number of carbonyl (C=O) groups is 4. The van der Waals surface area contributed by atoms with Crippen molar-refractivity contribution < 1.29 is 24.1 Å². The van der Waals surface area contributed by atoms with Crippen molar-refractivity contribution in [1.82, 2.24) is 10.0 Å². The van der Waals surface area contributed by atoms with Gasteiger partial charge in [-0.2, -0.15) is 5.01 Å². The summed E-state index contributed by atoms with van der Waals surface area (Å²) in [5.41, 5.74) is 1.14. The highest BCUT2D eigenvalue weighted by atomic mass is 16.6. The highest BCUT2D eigenvalue weighted by Crippen LogP contribution is 2.65. The first-order chi connectivity index (χ1) is 17.7. The van der Waals surface area contributed by atoms with E-state index in [2.05, 4.69) is 0 Å². The highest BCUT2D eigenvalue weighted by molar-refractivity contribution is 6.11. The number of nitro groups is 1. The predicted molar refractivity (Wildman–Crippen MR) is 131 cm³/mol. The number of hydrogen-bond acceptors (Lipinski definition) is 6. The van der Waals surface area contributed by atoms with E-state index in [4.69, 9.17) is 0 Å². The van der Waals surface area contributed by atoms with Crippen molar-refractivity contribution in [2.24, 2.45) is 35.5 Å². The fraction of sp³-hybridized carbons (Fsp3) is 0.357. The van der Waals surface area contributed by atoms with Gasteiger partial charge < -0.3 is 0 Å². The summed E-state index contributed by atoms with van der Waals surface area (Å²) in [6, 6.07) is 10.6. The molecule has 7 rings (SSSR count). The quantitative estimate of drug-likeness (QED) is 0.197. The smallest absolute Gasteiger partial charge is 0.273 e. The normalized spacial score (nSPS) is 29.5. The number of nitro benzene ring substituents is 1. The number of imide groups is 1. The van der Waals surface area contributed by atoms with Crippen molar-refractivity contribution >= 4 is 29.2 Å². The van der Waals surface area contributed by atoms with Crippen molar-refractivity contribution in [2.75, 3.05) is 0 Å². The van der Waals surface area contributed by atoms with Gasteiger partial charge in [-0.05, 0) is 56.1 Å². The maximum Gasteiger partial charge on any atom is 0.273 e.